The standard InChI is InChI=1S/C23H30N6O3/c1-14(13-32-4)29-12-15(7-20(29)30)22(31)28-18-9-23(2,3)8-17-16(18)10-26-21(27-17)19-11-24-5-6-25-19/h5-6,10-11,14-15,18H,7-9,12-13H2,1-4H3,(H,28,31)/t14-,15-,18+/m0/s1. The number of methoxy groups -OCH3 is 1. The van der Waals surface area contributed by atoms with Gasteiger partial charge in [0, 0.05) is 44.2 Å². The minimum atomic E-state index is -0.366. The first-order valence-corrected chi connectivity index (χ1v) is 11.0. The summed E-state index contributed by atoms with van der Waals surface area (Å²) >= 11 is 0. The highest BCUT2D eigenvalue weighted by Crippen LogP contribution is 2.40. The van der Waals surface area contributed by atoms with Gasteiger partial charge in [0.15, 0.2) is 5.82 Å². The Balaban J connectivity index is 1.52. The van der Waals surface area contributed by atoms with Gasteiger partial charge in [-0.1, -0.05) is 13.8 Å². The Morgan fingerprint density at radius 3 is 2.84 bits per heavy atom. The van der Waals surface area contributed by atoms with E-state index in [0.717, 1.165) is 24.1 Å². The highest BCUT2D eigenvalue weighted by atomic mass is 16.5. The number of likely N-dealkylation sites (tertiary alicyclic amines) is 1. The van der Waals surface area contributed by atoms with Crippen LogP contribution in [-0.2, 0) is 20.7 Å². The molecule has 0 saturated carbocycles. The molecule has 1 fully saturated rings. The average Bonchev–Trinajstić information content (AvgIpc) is 3.15. The van der Waals surface area contributed by atoms with E-state index in [1.807, 2.05) is 6.92 Å². The van der Waals surface area contributed by atoms with Crippen LogP contribution in [0.4, 0.5) is 0 Å². The van der Waals surface area contributed by atoms with Crippen LogP contribution in [-0.4, -0.2) is 63.0 Å². The predicted molar refractivity (Wildman–Crippen MR) is 117 cm³/mol. The fourth-order valence-electron chi connectivity index (χ4n) is 4.67. The Kier molecular flexibility index (Phi) is 6.19. The van der Waals surface area contributed by atoms with Gasteiger partial charge in [-0.15, -0.1) is 0 Å². The number of aromatic nitrogens is 4. The molecule has 32 heavy (non-hydrogen) atoms. The fraction of sp³-hybridized carbons (Fsp3) is 0.565. The van der Waals surface area contributed by atoms with Crippen LogP contribution in [0, 0.1) is 11.3 Å². The van der Waals surface area contributed by atoms with Crippen molar-refractivity contribution in [3.05, 3.63) is 36.0 Å². The molecule has 1 saturated heterocycles. The van der Waals surface area contributed by atoms with E-state index in [2.05, 4.69) is 34.1 Å². The molecule has 2 amide bonds. The highest BCUT2D eigenvalue weighted by molar-refractivity contribution is 5.89. The van der Waals surface area contributed by atoms with Crippen molar-refractivity contribution in [3.8, 4) is 11.5 Å². The number of nitrogens with one attached hydrogen (secondary N) is 1. The van der Waals surface area contributed by atoms with Crippen LogP contribution in [0.5, 0.6) is 0 Å². The molecule has 1 aliphatic heterocycles. The number of carbonyl (C=O) groups is 2. The lowest BCUT2D eigenvalue weighted by atomic mass is 9.74. The van der Waals surface area contributed by atoms with Crippen LogP contribution in [0.2, 0.25) is 0 Å². The second-order valence-corrected chi connectivity index (χ2v) is 9.54. The van der Waals surface area contributed by atoms with E-state index in [-0.39, 0.29) is 41.7 Å². The van der Waals surface area contributed by atoms with Crippen molar-refractivity contribution in [2.75, 3.05) is 20.3 Å². The van der Waals surface area contributed by atoms with E-state index in [1.165, 1.54) is 0 Å². The minimum absolute atomic E-state index is 0.00369. The highest BCUT2D eigenvalue weighted by Gasteiger charge is 2.39. The van der Waals surface area contributed by atoms with Crippen molar-refractivity contribution < 1.29 is 14.3 Å². The summed E-state index contributed by atoms with van der Waals surface area (Å²) in [6.07, 6.45) is 8.46. The van der Waals surface area contributed by atoms with Gasteiger partial charge in [-0.05, 0) is 25.2 Å². The molecule has 0 aromatic carbocycles. The number of hydrogen-bond acceptors (Lipinski definition) is 7. The number of hydrogen-bond donors (Lipinski definition) is 1. The van der Waals surface area contributed by atoms with Gasteiger partial charge >= 0.3 is 0 Å². The molecule has 4 rings (SSSR count). The molecule has 0 unspecified atom stereocenters. The zero-order valence-electron chi connectivity index (χ0n) is 19.0. The van der Waals surface area contributed by atoms with E-state index in [0.29, 0.717) is 24.7 Å². The second kappa shape index (κ2) is 8.90. The number of nitrogens with zero attached hydrogens (tertiary/aromatic N) is 5. The van der Waals surface area contributed by atoms with Crippen LogP contribution in [0.25, 0.3) is 11.5 Å². The largest absolute Gasteiger partial charge is 0.383 e. The van der Waals surface area contributed by atoms with Gasteiger partial charge in [-0.3, -0.25) is 14.6 Å². The van der Waals surface area contributed by atoms with Crippen molar-refractivity contribution in [2.45, 2.75) is 52.1 Å². The first-order chi connectivity index (χ1) is 15.3. The Labute approximate surface area is 188 Å². The zero-order chi connectivity index (χ0) is 22.9. The van der Waals surface area contributed by atoms with Crippen LogP contribution >= 0.6 is 0 Å². The van der Waals surface area contributed by atoms with Crippen molar-refractivity contribution >= 4 is 11.8 Å². The molecule has 9 nitrogen and oxygen atoms in total. The molecular weight excluding hydrogens is 408 g/mol. The Morgan fingerprint density at radius 2 is 2.12 bits per heavy atom. The molecule has 3 atom stereocenters. The quantitative estimate of drug-likeness (QED) is 0.734. The van der Waals surface area contributed by atoms with Crippen LogP contribution < -0.4 is 5.32 Å². The van der Waals surface area contributed by atoms with E-state index < -0.39 is 0 Å². The van der Waals surface area contributed by atoms with Gasteiger partial charge in [0.25, 0.3) is 0 Å². The first-order valence-electron chi connectivity index (χ1n) is 11.0. The lowest BCUT2D eigenvalue weighted by molar-refractivity contribution is -0.131. The van der Waals surface area contributed by atoms with E-state index >= 15 is 0 Å². The number of rotatable bonds is 6. The molecule has 3 heterocycles. The zero-order valence-corrected chi connectivity index (χ0v) is 19.0. The summed E-state index contributed by atoms with van der Waals surface area (Å²) in [4.78, 5) is 44.9. The Hall–Kier alpha value is -2.94. The Bertz CT molecular complexity index is 996. The van der Waals surface area contributed by atoms with Crippen LogP contribution in [0.1, 0.15) is 50.9 Å². The third kappa shape index (κ3) is 4.62. The van der Waals surface area contributed by atoms with E-state index in [1.54, 1.807) is 36.8 Å². The monoisotopic (exact) mass is 438 g/mol. The number of amides is 2. The minimum Gasteiger partial charge on any atom is -0.383 e. The summed E-state index contributed by atoms with van der Waals surface area (Å²) in [5, 5.41) is 3.19. The van der Waals surface area contributed by atoms with Crippen molar-refractivity contribution in [1.82, 2.24) is 30.2 Å². The summed E-state index contributed by atoms with van der Waals surface area (Å²) in [5.41, 5.74) is 2.43. The lowest BCUT2D eigenvalue weighted by Crippen LogP contribution is -2.41. The maximum atomic E-state index is 13.1. The van der Waals surface area contributed by atoms with Gasteiger partial charge in [0.05, 0.1) is 36.5 Å². The summed E-state index contributed by atoms with van der Waals surface area (Å²) in [6.45, 7) is 7.16. The first kappa shape index (κ1) is 22.3. The SMILES string of the molecule is COC[C@H](C)N1C[C@@H](C(=O)N[C@@H]2CC(C)(C)Cc3nc(-c4cnccn4)ncc32)CC1=O. The van der Waals surface area contributed by atoms with Gasteiger partial charge in [-0.25, -0.2) is 15.0 Å². The molecule has 2 aromatic rings. The molecular formula is C23H30N6O3. The van der Waals surface area contributed by atoms with Crippen LogP contribution in [0.3, 0.4) is 0 Å². The van der Waals surface area contributed by atoms with Crippen molar-refractivity contribution in [1.29, 1.82) is 0 Å². The third-order valence-electron chi connectivity index (χ3n) is 6.26. The summed E-state index contributed by atoms with van der Waals surface area (Å²) in [7, 11) is 1.61. The Morgan fingerprint density at radius 1 is 1.31 bits per heavy atom. The second-order valence-electron chi connectivity index (χ2n) is 9.54. The lowest BCUT2D eigenvalue weighted by Gasteiger charge is -2.37. The third-order valence-corrected chi connectivity index (χ3v) is 6.26. The number of ether oxygens (including phenoxy) is 1. The van der Waals surface area contributed by atoms with E-state index in [9.17, 15) is 9.59 Å². The molecule has 2 aliphatic rings. The molecule has 0 bridgehead atoms. The van der Waals surface area contributed by atoms with Gasteiger partial charge in [-0.2, -0.15) is 0 Å². The van der Waals surface area contributed by atoms with E-state index in [4.69, 9.17) is 9.72 Å². The number of fused-ring (bicyclic) bond motifs is 1. The molecule has 0 radical (unpaired) electrons. The molecule has 170 valence electrons. The maximum absolute atomic E-state index is 13.1. The van der Waals surface area contributed by atoms with Crippen LogP contribution in [0.15, 0.2) is 24.8 Å². The molecule has 1 aliphatic carbocycles. The summed E-state index contributed by atoms with van der Waals surface area (Å²) in [6, 6.07) is -0.245. The summed E-state index contributed by atoms with van der Waals surface area (Å²) in [5.74, 6) is 0.0620. The average molecular weight is 439 g/mol. The van der Waals surface area contributed by atoms with Crippen molar-refractivity contribution in [2.24, 2.45) is 11.3 Å². The number of carbonyl (C=O) groups excluding carboxylic acids is 2. The van der Waals surface area contributed by atoms with Gasteiger partial charge in [0.1, 0.15) is 5.69 Å². The molecule has 1 N–H and O–H groups in total. The molecule has 2 aromatic heterocycles. The van der Waals surface area contributed by atoms with Gasteiger partial charge in [0.2, 0.25) is 11.8 Å². The summed E-state index contributed by atoms with van der Waals surface area (Å²) < 4.78 is 5.17. The fourth-order valence-corrected chi connectivity index (χ4v) is 4.67. The smallest absolute Gasteiger partial charge is 0.225 e. The molecule has 0 spiro atoms. The maximum Gasteiger partial charge on any atom is 0.225 e. The van der Waals surface area contributed by atoms with Crippen molar-refractivity contribution in [3.63, 3.8) is 0 Å². The predicted octanol–water partition coefficient (Wildman–Crippen LogP) is 1.95. The normalized spacial score (nSPS) is 23.0. The van der Waals surface area contributed by atoms with Gasteiger partial charge < -0.3 is 15.0 Å². The topological polar surface area (TPSA) is 110 Å². The molecule has 9 heteroatoms.